The maximum Gasteiger partial charge on any atom is 0.404 e. The van der Waals surface area contributed by atoms with Crippen molar-refractivity contribution in [2.45, 2.75) is 13.3 Å². The van der Waals surface area contributed by atoms with E-state index in [2.05, 4.69) is 22.9 Å². The van der Waals surface area contributed by atoms with Crippen LogP contribution >= 0.6 is 0 Å². The zero-order valence-electron chi connectivity index (χ0n) is 8.10. The van der Waals surface area contributed by atoms with Crippen molar-refractivity contribution in [3.05, 3.63) is 0 Å². The summed E-state index contributed by atoms with van der Waals surface area (Å²) in [7, 11) is 0. The fourth-order valence-corrected chi connectivity index (χ4v) is 0.861. The minimum atomic E-state index is -0.967. The third-order valence-electron chi connectivity index (χ3n) is 1.48. The Kier molecular flexibility index (Phi) is 8.70. The monoisotopic (exact) mass is 189 g/mol. The van der Waals surface area contributed by atoms with Crippen LogP contribution in [0.15, 0.2) is 0 Å². The number of carboxylic acid groups (broad SMARTS) is 1. The van der Waals surface area contributed by atoms with Gasteiger partial charge in [-0.1, -0.05) is 6.92 Å². The molecule has 78 valence electrons. The molecule has 0 spiro atoms. The molecular formula is C8H19N3O2. The lowest BCUT2D eigenvalue weighted by Gasteiger charge is -2.05. The smallest absolute Gasteiger partial charge is 0.404 e. The molecular weight excluding hydrogens is 170 g/mol. The average molecular weight is 189 g/mol. The van der Waals surface area contributed by atoms with Crippen LogP contribution in [0.3, 0.4) is 0 Å². The Morgan fingerprint density at radius 1 is 1.08 bits per heavy atom. The lowest BCUT2D eigenvalue weighted by molar-refractivity contribution is 0.194. The molecule has 0 rings (SSSR count). The van der Waals surface area contributed by atoms with Crippen LogP contribution < -0.4 is 16.0 Å². The van der Waals surface area contributed by atoms with E-state index in [1.54, 1.807) is 0 Å². The molecule has 0 aromatic rings. The Morgan fingerprint density at radius 3 is 2.15 bits per heavy atom. The Balaban J connectivity index is 2.87. The van der Waals surface area contributed by atoms with Crippen molar-refractivity contribution in [2.75, 3.05) is 32.7 Å². The molecule has 13 heavy (non-hydrogen) atoms. The van der Waals surface area contributed by atoms with Gasteiger partial charge in [-0.05, 0) is 13.0 Å². The van der Waals surface area contributed by atoms with Crippen LogP contribution in [-0.4, -0.2) is 43.9 Å². The van der Waals surface area contributed by atoms with Gasteiger partial charge in [0.15, 0.2) is 0 Å². The zero-order chi connectivity index (χ0) is 9.94. The summed E-state index contributed by atoms with van der Waals surface area (Å²) < 4.78 is 0. The van der Waals surface area contributed by atoms with E-state index in [9.17, 15) is 4.79 Å². The first kappa shape index (κ1) is 12.2. The van der Waals surface area contributed by atoms with Crippen molar-refractivity contribution in [1.82, 2.24) is 16.0 Å². The lowest BCUT2D eigenvalue weighted by Crippen LogP contribution is -2.34. The van der Waals surface area contributed by atoms with Crippen LogP contribution in [0.1, 0.15) is 13.3 Å². The fourth-order valence-electron chi connectivity index (χ4n) is 0.861. The minimum absolute atomic E-state index is 0.461. The molecule has 0 aliphatic rings. The molecule has 5 nitrogen and oxygen atoms in total. The van der Waals surface area contributed by atoms with Crippen LogP contribution in [0.5, 0.6) is 0 Å². The Morgan fingerprint density at radius 2 is 1.62 bits per heavy atom. The van der Waals surface area contributed by atoms with Crippen molar-refractivity contribution >= 4 is 6.09 Å². The second kappa shape index (κ2) is 9.28. The molecule has 0 aromatic carbocycles. The molecule has 0 fully saturated rings. The molecule has 0 unspecified atom stereocenters. The molecule has 0 aromatic heterocycles. The number of carbonyl (C=O) groups is 1. The number of nitrogens with one attached hydrogen (secondary N) is 3. The molecule has 0 saturated carbocycles. The number of rotatable bonds is 8. The van der Waals surface area contributed by atoms with Gasteiger partial charge in [0.25, 0.3) is 0 Å². The minimum Gasteiger partial charge on any atom is -0.465 e. The highest BCUT2D eigenvalue weighted by atomic mass is 16.4. The maximum absolute atomic E-state index is 10.0. The molecule has 0 aliphatic carbocycles. The SMILES string of the molecule is CCCNCCNCCNC(=O)O. The van der Waals surface area contributed by atoms with E-state index < -0.39 is 6.09 Å². The highest BCUT2D eigenvalue weighted by Gasteiger charge is 1.91. The van der Waals surface area contributed by atoms with E-state index in [1.807, 2.05) is 0 Å². The highest BCUT2D eigenvalue weighted by molar-refractivity contribution is 5.64. The van der Waals surface area contributed by atoms with Gasteiger partial charge in [-0.3, -0.25) is 0 Å². The second-order valence-corrected chi connectivity index (χ2v) is 2.73. The van der Waals surface area contributed by atoms with Crippen LogP contribution in [0.4, 0.5) is 4.79 Å². The number of amides is 1. The van der Waals surface area contributed by atoms with Gasteiger partial charge < -0.3 is 21.1 Å². The number of hydrogen-bond donors (Lipinski definition) is 4. The van der Waals surface area contributed by atoms with E-state index in [0.717, 1.165) is 26.1 Å². The van der Waals surface area contributed by atoms with Gasteiger partial charge in [0.2, 0.25) is 0 Å². The van der Waals surface area contributed by atoms with Crippen LogP contribution in [0, 0.1) is 0 Å². The normalized spacial score (nSPS) is 9.92. The highest BCUT2D eigenvalue weighted by Crippen LogP contribution is 1.68. The predicted molar refractivity (Wildman–Crippen MR) is 52.1 cm³/mol. The van der Waals surface area contributed by atoms with Crippen molar-refractivity contribution in [3.8, 4) is 0 Å². The van der Waals surface area contributed by atoms with Gasteiger partial charge in [0.1, 0.15) is 0 Å². The summed E-state index contributed by atoms with van der Waals surface area (Å²) in [6.07, 6.45) is 0.173. The lowest BCUT2D eigenvalue weighted by atomic mass is 10.4. The summed E-state index contributed by atoms with van der Waals surface area (Å²) in [5.74, 6) is 0. The average Bonchev–Trinajstić information content (AvgIpc) is 2.09. The first-order chi connectivity index (χ1) is 6.27. The molecule has 1 amide bonds. The van der Waals surface area contributed by atoms with Gasteiger partial charge in [0.05, 0.1) is 0 Å². The predicted octanol–water partition coefficient (Wildman–Crippen LogP) is -0.157. The third kappa shape index (κ3) is 11.2. The van der Waals surface area contributed by atoms with E-state index in [0.29, 0.717) is 13.1 Å². The van der Waals surface area contributed by atoms with Crippen LogP contribution in [-0.2, 0) is 0 Å². The first-order valence-corrected chi connectivity index (χ1v) is 4.65. The zero-order valence-corrected chi connectivity index (χ0v) is 8.10. The molecule has 0 saturated heterocycles. The molecule has 0 bridgehead atoms. The van der Waals surface area contributed by atoms with Crippen LogP contribution in [0.25, 0.3) is 0 Å². The van der Waals surface area contributed by atoms with E-state index in [-0.39, 0.29) is 0 Å². The number of hydrogen-bond acceptors (Lipinski definition) is 3. The quantitative estimate of drug-likeness (QED) is 0.400. The van der Waals surface area contributed by atoms with Crippen molar-refractivity contribution in [2.24, 2.45) is 0 Å². The first-order valence-electron chi connectivity index (χ1n) is 4.65. The Bertz CT molecular complexity index is 131. The van der Waals surface area contributed by atoms with Gasteiger partial charge in [-0.15, -0.1) is 0 Å². The second-order valence-electron chi connectivity index (χ2n) is 2.73. The van der Waals surface area contributed by atoms with E-state index in [4.69, 9.17) is 5.11 Å². The van der Waals surface area contributed by atoms with Crippen LogP contribution in [0.2, 0.25) is 0 Å². The van der Waals surface area contributed by atoms with Crippen molar-refractivity contribution in [3.63, 3.8) is 0 Å². The third-order valence-corrected chi connectivity index (χ3v) is 1.48. The summed E-state index contributed by atoms with van der Waals surface area (Å²) in [6.45, 7) is 6.11. The molecule has 5 heteroatoms. The molecule has 0 radical (unpaired) electrons. The molecule has 0 atom stereocenters. The van der Waals surface area contributed by atoms with Gasteiger partial charge in [-0.2, -0.15) is 0 Å². The summed E-state index contributed by atoms with van der Waals surface area (Å²) in [5.41, 5.74) is 0. The van der Waals surface area contributed by atoms with Crippen molar-refractivity contribution < 1.29 is 9.90 Å². The van der Waals surface area contributed by atoms with Gasteiger partial charge in [-0.25, -0.2) is 4.79 Å². The standard InChI is InChI=1S/C8H19N3O2/c1-2-3-9-4-5-10-6-7-11-8(12)13/h9-11H,2-7H2,1H3,(H,12,13). The molecule has 0 heterocycles. The molecule has 0 aliphatic heterocycles. The summed E-state index contributed by atoms with van der Waals surface area (Å²) in [6, 6.07) is 0. The van der Waals surface area contributed by atoms with E-state index in [1.165, 1.54) is 0 Å². The van der Waals surface area contributed by atoms with E-state index >= 15 is 0 Å². The summed E-state index contributed by atoms with van der Waals surface area (Å²) in [4.78, 5) is 10.0. The fraction of sp³-hybridized carbons (Fsp3) is 0.875. The largest absolute Gasteiger partial charge is 0.465 e. The van der Waals surface area contributed by atoms with Gasteiger partial charge >= 0.3 is 6.09 Å². The summed E-state index contributed by atoms with van der Waals surface area (Å²) >= 11 is 0. The topological polar surface area (TPSA) is 73.4 Å². The van der Waals surface area contributed by atoms with Crippen molar-refractivity contribution in [1.29, 1.82) is 0 Å². The molecule has 4 N–H and O–H groups in total. The van der Waals surface area contributed by atoms with Gasteiger partial charge in [0, 0.05) is 26.2 Å². The Labute approximate surface area is 78.9 Å². The maximum atomic E-state index is 10.0. The summed E-state index contributed by atoms with van der Waals surface area (Å²) in [5, 5.41) is 16.9. The Hall–Kier alpha value is -0.810.